The molecule has 0 radical (unpaired) electrons. The molecule has 5 heteroatoms. The van der Waals surface area contributed by atoms with E-state index >= 15 is 0 Å². The molecule has 18 heavy (non-hydrogen) atoms. The summed E-state index contributed by atoms with van der Waals surface area (Å²) in [7, 11) is 0. The maximum atomic E-state index is 12.3. The van der Waals surface area contributed by atoms with Gasteiger partial charge < -0.3 is 15.2 Å². The molecule has 1 aliphatic carbocycles. The third-order valence-electron chi connectivity index (χ3n) is 3.27. The van der Waals surface area contributed by atoms with Crippen LogP contribution in [0.2, 0.25) is 0 Å². The van der Waals surface area contributed by atoms with E-state index in [9.17, 15) is 4.79 Å². The molecule has 0 unspecified atom stereocenters. The monoisotopic (exact) mass is 250 g/mol. The number of unbranched alkanes of at least 4 members (excludes halogenated alkanes) is 1. The highest BCUT2D eigenvalue weighted by molar-refractivity contribution is 5.35. The molecule has 1 saturated carbocycles. The number of rotatable bonds is 7. The molecule has 2 rings (SSSR count). The molecule has 1 aromatic heterocycles. The Morgan fingerprint density at radius 3 is 2.89 bits per heavy atom. The van der Waals surface area contributed by atoms with E-state index in [1.54, 1.807) is 12.4 Å². The fourth-order valence-electron chi connectivity index (χ4n) is 2.10. The van der Waals surface area contributed by atoms with Crippen molar-refractivity contribution in [1.82, 2.24) is 9.55 Å². The number of hydrogen-bond acceptors (Lipinski definition) is 4. The molecular weight excluding hydrogens is 228 g/mol. The summed E-state index contributed by atoms with van der Waals surface area (Å²) in [5.74, 6) is 0.559. The van der Waals surface area contributed by atoms with E-state index in [0.717, 1.165) is 32.2 Å². The van der Waals surface area contributed by atoms with Crippen molar-refractivity contribution in [2.45, 2.75) is 38.6 Å². The number of hydrogen-bond donors (Lipinski definition) is 1. The summed E-state index contributed by atoms with van der Waals surface area (Å²) in [5, 5.41) is 0. The van der Waals surface area contributed by atoms with Crippen molar-refractivity contribution in [2.24, 2.45) is 5.73 Å². The Hall–Kier alpha value is -1.36. The Kier molecular flexibility index (Phi) is 4.36. The first-order valence-corrected chi connectivity index (χ1v) is 6.80. The molecule has 0 saturated heterocycles. The molecule has 0 aromatic carbocycles. The normalized spacial score (nSPS) is 14.8. The Morgan fingerprint density at radius 1 is 1.50 bits per heavy atom. The first-order valence-electron chi connectivity index (χ1n) is 6.80. The van der Waals surface area contributed by atoms with Crippen molar-refractivity contribution in [2.75, 3.05) is 24.5 Å². The average molecular weight is 250 g/mol. The molecule has 0 spiro atoms. The SMILES string of the molecule is CCCCN(CCN)c1nccn(C2CC2)c1=O. The van der Waals surface area contributed by atoms with Crippen molar-refractivity contribution in [1.29, 1.82) is 0 Å². The molecule has 0 amide bonds. The first kappa shape index (κ1) is 13.1. The lowest BCUT2D eigenvalue weighted by atomic mass is 10.3. The van der Waals surface area contributed by atoms with Gasteiger partial charge in [0, 0.05) is 38.1 Å². The van der Waals surface area contributed by atoms with Crippen LogP contribution < -0.4 is 16.2 Å². The zero-order valence-corrected chi connectivity index (χ0v) is 11.0. The number of anilines is 1. The minimum Gasteiger partial charge on any atom is -0.351 e. The van der Waals surface area contributed by atoms with E-state index in [1.807, 2.05) is 9.47 Å². The Bertz CT molecular complexity index is 439. The maximum absolute atomic E-state index is 12.3. The van der Waals surface area contributed by atoms with Crippen LogP contribution in [-0.4, -0.2) is 29.2 Å². The predicted molar refractivity (Wildman–Crippen MR) is 72.9 cm³/mol. The van der Waals surface area contributed by atoms with Crippen LogP contribution >= 0.6 is 0 Å². The van der Waals surface area contributed by atoms with Gasteiger partial charge in [0.15, 0.2) is 5.82 Å². The second-order valence-corrected chi connectivity index (χ2v) is 4.82. The maximum Gasteiger partial charge on any atom is 0.293 e. The third kappa shape index (κ3) is 2.90. The molecular formula is C13H22N4O. The molecule has 100 valence electrons. The van der Waals surface area contributed by atoms with Gasteiger partial charge in [-0.05, 0) is 19.3 Å². The van der Waals surface area contributed by atoms with Crippen LogP contribution in [0, 0.1) is 0 Å². The zero-order valence-electron chi connectivity index (χ0n) is 11.0. The fourth-order valence-corrected chi connectivity index (χ4v) is 2.10. The Morgan fingerprint density at radius 2 is 2.28 bits per heavy atom. The van der Waals surface area contributed by atoms with Gasteiger partial charge in [-0.25, -0.2) is 4.98 Å². The molecule has 1 heterocycles. The summed E-state index contributed by atoms with van der Waals surface area (Å²) in [6, 6.07) is 0.394. The second-order valence-electron chi connectivity index (χ2n) is 4.82. The summed E-state index contributed by atoms with van der Waals surface area (Å²) < 4.78 is 1.82. The minimum absolute atomic E-state index is 0.0320. The van der Waals surface area contributed by atoms with Gasteiger partial charge in [0.1, 0.15) is 0 Å². The van der Waals surface area contributed by atoms with Crippen LogP contribution in [0.3, 0.4) is 0 Å². The largest absolute Gasteiger partial charge is 0.351 e. The minimum atomic E-state index is 0.0320. The number of nitrogens with two attached hydrogens (primary N) is 1. The molecule has 0 atom stereocenters. The van der Waals surface area contributed by atoms with E-state index in [1.165, 1.54) is 0 Å². The van der Waals surface area contributed by atoms with Crippen LogP contribution in [0.5, 0.6) is 0 Å². The highest BCUT2D eigenvalue weighted by Crippen LogP contribution is 2.33. The summed E-state index contributed by atoms with van der Waals surface area (Å²) in [6.45, 7) is 4.23. The van der Waals surface area contributed by atoms with Crippen LogP contribution in [0.1, 0.15) is 38.6 Å². The van der Waals surface area contributed by atoms with E-state index < -0.39 is 0 Å². The van der Waals surface area contributed by atoms with Crippen LogP contribution in [-0.2, 0) is 0 Å². The van der Waals surface area contributed by atoms with Crippen LogP contribution in [0.25, 0.3) is 0 Å². The van der Waals surface area contributed by atoms with Crippen LogP contribution in [0.4, 0.5) is 5.82 Å². The lowest BCUT2D eigenvalue weighted by Gasteiger charge is -2.22. The summed E-state index contributed by atoms with van der Waals surface area (Å²) in [6.07, 6.45) is 7.89. The van der Waals surface area contributed by atoms with Gasteiger partial charge in [0.05, 0.1) is 0 Å². The summed E-state index contributed by atoms with van der Waals surface area (Å²) in [5.41, 5.74) is 5.65. The molecule has 0 bridgehead atoms. The van der Waals surface area contributed by atoms with E-state index in [0.29, 0.717) is 24.9 Å². The second kappa shape index (κ2) is 6.00. The molecule has 1 aliphatic rings. The van der Waals surface area contributed by atoms with Crippen molar-refractivity contribution < 1.29 is 0 Å². The number of nitrogens with zero attached hydrogens (tertiary/aromatic N) is 3. The highest BCUT2D eigenvalue weighted by atomic mass is 16.1. The van der Waals surface area contributed by atoms with Gasteiger partial charge in [0.25, 0.3) is 5.56 Å². The van der Waals surface area contributed by atoms with Gasteiger partial charge in [-0.2, -0.15) is 0 Å². The van der Waals surface area contributed by atoms with Gasteiger partial charge in [0.2, 0.25) is 0 Å². The smallest absolute Gasteiger partial charge is 0.293 e. The summed E-state index contributed by atoms with van der Waals surface area (Å²) >= 11 is 0. The van der Waals surface area contributed by atoms with E-state index in [4.69, 9.17) is 5.73 Å². The van der Waals surface area contributed by atoms with E-state index in [2.05, 4.69) is 11.9 Å². The number of aromatic nitrogens is 2. The van der Waals surface area contributed by atoms with Gasteiger partial charge in [-0.3, -0.25) is 4.79 Å². The predicted octanol–water partition coefficient (Wildman–Crippen LogP) is 1.14. The zero-order chi connectivity index (χ0) is 13.0. The van der Waals surface area contributed by atoms with Crippen molar-refractivity contribution in [3.8, 4) is 0 Å². The van der Waals surface area contributed by atoms with Crippen molar-refractivity contribution in [3.05, 3.63) is 22.7 Å². The van der Waals surface area contributed by atoms with Gasteiger partial charge in [-0.15, -0.1) is 0 Å². The van der Waals surface area contributed by atoms with Gasteiger partial charge in [-0.1, -0.05) is 13.3 Å². The summed E-state index contributed by atoms with van der Waals surface area (Å²) in [4.78, 5) is 18.6. The van der Waals surface area contributed by atoms with Gasteiger partial charge >= 0.3 is 0 Å². The molecule has 1 fully saturated rings. The molecule has 1 aromatic rings. The molecule has 2 N–H and O–H groups in total. The molecule has 5 nitrogen and oxygen atoms in total. The topological polar surface area (TPSA) is 64.2 Å². The lowest BCUT2D eigenvalue weighted by Crippen LogP contribution is -2.37. The first-order chi connectivity index (χ1) is 8.77. The Labute approximate surface area is 108 Å². The van der Waals surface area contributed by atoms with Crippen molar-refractivity contribution >= 4 is 5.82 Å². The van der Waals surface area contributed by atoms with Crippen molar-refractivity contribution in [3.63, 3.8) is 0 Å². The quantitative estimate of drug-likeness (QED) is 0.788. The highest BCUT2D eigenvalue weighted by Gasteiger charge is 2.26. The van der Waals surface area contributed by atoms with E-state index in [-0.39, 0.29) is 5.56 Å². The lowest BCUT2D eigenvalue weighted by molar-refractivity contribution is 0.665. The Balaban J connectivity index is 2.22. The average Bonchev–Trinajstić information content (AvgIpc) is 3.19. The standard InChI is InChI=1S/C13H22N4O/c1-2-3-8-16(9-6-14)12-13(18)17(10-7-15-12)11-4-5-11/h7,10-11H,2-6,8-9,14H2,1H3. The van der Waals surface area contributed by atoms with Crippen LogP contribution in [0.15, 0.2) is 17.2 Å². The fraction of sp³-hybridized carbons (Fsp3) is 0.692. The third-order valence-corrected chi connectivity index (χ3v) is 3.27. The molecule has 0 aliphatic heterocycles.